The third-order valence-corrected chi connectivity index (χ3v) is 2.50. The fraction of sp³-hybridized carbons (Fsp3) is 0.400. The lowest BCUT2D eigenvalue weighted by Gasteiger charge is -2.10. The number of hydrogen-bond acceptors (Lipinski definition) is 2. The number of rotatable bonds is 1. The number of aryl methyl sites for hydroxylation is 1. The van der Waals surface area contributed by atoms with Crippen LogP contribution in [0.2, 0.25) is 5.02 Å². The molecular weight excluding hydrogens is 188 g/mol. The van der Waals surface area contributed by atoms with Gasteiger partial charge >= 0.3 is 0 Å². The molecule has 0 unspecified atom stereocenters. The lowest BCUT2D eigenvalue weighted by molar-refractivity contribution is -0.0441. The predicted molar refractivity (Wildman–Crippen MR) is 50.8 cm³/mol. The minimum absolute atomic E-state index is 0.198. The maximum atomic E-state index is 5.91. The predicted octanol–water partition coefficient (Wildman–Crippen LogP) is 2.69. The first-order chi connectivity index (χ1) is 6.27. The third-order valence-electron chi connectivity index (χ3n) is 2.08. The maximum Gasteiger partial charge on any atom is 0.184 e. The van der Waals surface area contributed by atoms with Crippen LogP contribution in [-0.2, 0) is 9.47 Å². The van der Waals surface area contributed by atoms with Crippen LogP contribution in [0.15, 0.2) is 18.2 Å². The molecule has 13 heavy (non-hydrogen) atoms. The van der Waals surface area contributed by atoms with Gasteiger partial charge in [0.1, 0.15) is 0 Å². The van der Waals surface area contributed by atoms with Crippen LogP contribution < -0.4 is 0 Å². The zero-order valence-electron chi connectivity index (χ0n) is 7.42. The van der Waals surface area contributed by atoms with Gasteiger partial charge in [0.05, 0.1) is 13.2 Å². The topological polar surface area (TPSA) is 18.5 Å². The first kappa shape index (κ1) is 9.00. The highest BCUT2D eigenvalue weighted by atomic mass is 35.5. The SMILES string of the molecule is Cc1cc(C2OCCO2)ccc1Cl. The Hall–Kier alpha value is -0.570. The van der Waals surface area contributed by atoms with E-state index in [1.165, 1.54) is 0 Å². The van der Waals surface area contributed by atoms with Gasteiger partial charge in [-0.2, -0.15) is 0 Å². The highest BCUT2D eigenvalue weighted by Gasteiger charge is 2.18. The quantitative estimate of drug-likeness (QED) is 0.691. The molecule has 3 heteroatoms. The zero-order chi connectivity index (χ0) is 9.26. The van der Waals surface area contributed by atoms with Crippen molar-refractivity contribution in [1.29, 1.82) is 0 Å². The van der Waals surface area contributed by atoms with Crippen molar-refractivity contribution in [1.82, 2.24) is 0 Å². The molecule has 0 aliphatic carbocycles. The largest absolute Gasteiger partial charge is 0.346 e. The molecule has 2 nitrogen and oxygen atoms in total. The highest BCUT2D eigenvalue weighted by molar-refractivity contribution is 6.31. The van der Waals surface area contributed by atoms with E-state index in [-0.39, 0.29) is 6.29 Å². The summed E-state index contributed by atoms with van der Waals surface area (Å²) in [6.07, 6.45) is -0.198. The van der Waals surface area contributed by atoms with Gasteiger partial charge in [0.25, 0.3) is 0 Å². The van der Waals surface area contributed by atoms with Crippen LogP contribution in [0.3, 0.4) is 0 Å². The molecule has 0 radical (unpaired) electrons. The Morgan fingerprint density at radius 2 is 2.00 bits per heavy atom. The molecule has 0 N–H and O–H groups in total. The molecule has 1 aliphatic rings. The molecule has 0 spiro atoms. The van der Waals surface area contributed by atoms with Crippen LogP contribution in [-0.4, -0.2) is 13.2 Å². The maximum absolute atomic E-state index is 5.91. The molecule has 1 aromatic rings. The summed E-state index contributed by atoms with van der Waals surface area (Å²) in [6, 6.07) is 5.81. The molecule has 0 bridgehead atoms. The molecular formula is C10H11ClO2. The zero-order valence-corrected chi connectivity index (χ0v) is 8.17. The van der Waals surface area contributed by atoms with Crippen LogP contribution in [0.4, 0.5) is 0 Å². The van der Waals surface area contributed by atoms with Gasteiger partial charge in [0.2, 0.25) is 0 Å². The van der Waals surface area contributed by atoms with Gasteiger partial charge in [-0.25, -0.2) is 0 Å². The van der Waals surface area contributed by atoms with E-state index in [1.807, 2.05) is 25.1 Å². The average Bonchev–Trinajstić information content (AvgIpc) is 2.62. The second-order valence-electron chi connectivity index (χ2n) is 3.08. The Morgan fingerprint density at radius 3 is 2.62 bits per heavy atom. The van der Waals surface area contributed by atoms with E-state index >= 15 is 0 Å². The van der Waals surface area contributed by atoms with Crippen molar-refractivity contribution in [2.24, 2.45) is 0 Å². The molecule has 0 amide bonds. The summed E-state index contributed by atoms with van der Waals surface area (Å²) in [5, 5.41) is 0.779. The van der Waals surface area contributed by atoms with Crippen molar-refractivity contribution < 1.29 is 9.47 Å². The van der Waals surface area contributed by atoms with Crippen molar-refractivity contribution >= 4 is 11.6 Å². The number of hydrogen-bond donors (Lipinski definition) is 0. The van der Waals surface area contributed by atoms with Crippen LogP contribution in [0, 0.1) is 6.92 Å². The minimum atomic E-state index is -0.198. The Bertz CT molecular complexity index is 306. The van der Waals surface area contributed by atoms with Crippen LogP contribution in [0.5, 0.6) is 0 Å². The summed E-state index contributed by atoms with van der Waals surface area (Å²) in [5.74, 6) is 0. The molecule has 2 rings (SSSR count). The molecule has 1 saturated heterocycles. The van der Waals surface area contributed by atoms with Gasteiger partial charge in [-0.3, -0.25) is 0 Å². The summed E-state index contributed by atoms with van der Waals surface area (Å²) in [5.41, 5.74) is 2.10. The van der Waals surface area contributed by atoms with E-state index in [2.05, 4.69) is 0 Å². The van der Waals surface area contributed by atoms with Crippen molar-refractivity contribution in [2.75, 3.05) is 13.2 Å². The molecule has 1 aromatic carbocycles. The van der Waals surface area contributed by atoms with Crippen molar-refractivity contribution in [3.8, 4) is 0 Å². The average molecular weight is 199 g/mol. The Kier molecular flexibility index (Phi) is 2.54. The summed E-state index contributed by atoms with van der Waals surface area (Å²) in [6.45, 7) is 3.32. The Morgan fingerprint density at radius 1 is 1.31 bits per heavy atom. The van der Waals surface area contributed by atoms with E-state index in [9.17, 15) is 0 Å². The minimum Gasteiger partial charge on any atom is -0.346 e. The molecule has 0 aromatic heterocycles. The fourth-order valence-electron chi connectivity index (χ4n) is 1.37. The smallest absolute Gasteiger partial charge is 0.184 e. The van der Waals surface area contributed by atoms with Gasteiger partial charge in [0, 0.05) is 10.6 Å². The third kappa shape index (κ3) is 1.85. The number of halogens is 1. The van der Waals surface area contributed by atoms with Crippen molar-refractivity contribution in [3.05, 3.63) is 34.3 Å². The van der Waals surface area contributed by atoms with E-state index < -0.39 is 0 Å². The van der Waals surface area contributed by atoms with Crippen LogP contribution in [0.25, 0.3) is 0 Å². The van der Waals surface area contributed by atoms with Crippen LogP contribution >= 0.6 is 11.6 Å². The van der Waals surface area contributed by atoms with Gasteiger partial charge in [-0.1, -0.05) is 17.7 Å². The summed E-state index contributed by atoms with van der Waals surface area (Å²) < 4.78 is 10.7. The molecule has 0 atom stereocenters. The van der Waals surface area contributed by atoms with E-state index in [0.717, 1.165) is 16.1 Å². The van der Waals surface area contributed by atoms with Crippen molar-refractivity contribution in [3.63, 3.8) is 0 Å². The molecule has 1 heterocycles. The normalized spacial score (nSPS) is 18.0. The van der Waals surface area contributed by atoms with Gasteiger partial charge in [-0.05, 0) is 24.6 Å². The standard InChI is InChI=1S/C10H11ClO2/c1-7-6-8(2-3-9(7)11)10-12-4-5-13-10/h2-3,6,10H,4-5H2,1H3. The first-order valence-electron chi connectivity index (χ1n) is 4.26. The Labute approximate surface area is 82.4 Å². The van der Waals surface area contributed by atoms with E-state index in [1.54, 1.807) is 0 Å². The van der Waals surface area contributed by atoms with E-state index in [0.29, 0.717) is 13.2 Å². The first-order valence-corrected chi connectivity index (χ1v) is 4.64. The second kappa shape index (κ2) is 3.66. The number of ether oxygens (including phenoxy) is 2. The molecule has 70 valence electrons. The number of benzene rings is 1. The molecule has 1 aliphatic heterocycles. The summed E-state index contributed by atoms with van der Waals surface area (Å²) in [7, 11) is 0. The molecule has 1 fully saturated rings. The van der Waals surface area contributed by atoms with Gasteiger partial charge in [0.15, 0.2) is 6.29 Å². The fourth-order valence-corrected chi connectivity index (χ4v) is 1.48. The monoisotopic (exact) mass is 198 g/mol. The highest BCUT2D eigenvalue weighted by Crippen LogP contribution is 2.26. The second-order valence-corrected chi connectivity index (χ2v) is 3.49. The van der Waals surface area contributed by atoms with Gasteiger partial charge < -0.3 is 9.47 Å². The van der Waals surface area contributed by atoms with Crippen LogP contribution in [0.1, 0.15) is 17.4 Å². The Balaban J connectivity index is 2.25. The van der Waals surface area contributed by atoms with E-state index in [4.69, 9.17) is 21.1 Å². The van der Waals surface area contributed by atoms with Crippen molar-refractivity contribution in [2.45, 2.75) is 13.2 Å². The lowest BCUT2D eigenvalue weighted by atomic mass is 10.1. The lowest BCUT2D eigenvalue weighted by Crippen LogP contribution is -1.98. The summed E-state index contributed by atoms with van der Waals surface area (Å²) in [4.78, 5) is 0. The molecule has 0 saturated carbocycles. The van der Waals surface area contributed by atoms with Gasteiger partial charge in [-0.15, -0.1) is 0 Å². The summed E-state index contributed by atoms with van der Waals surface area (Å²) >= 11 is 5.91.